The van der Waals surface area contributed by atoms with Crippen LogP contribution in [0.15, 0.2) is 18.5 Å². The number of rotatable bonds is 1. The van der Waals surface area contributed by atoms with E-state index in [1.54, 1.807) is 6.92 Å². The number of alkyl halides is 3. The van der Waals surface area contributed by atoms with Crippen molar-refractivity contribution < 1.29 is 13.2 Å². The average Bonchev–Trinajstić information content (AvgIpc) is 2.67. The van der Waals surface area contributed by atoms with Crippen molar-refractivity contribution in [3.05, 3.63) is 29.8 Å². The Bertz CT molecular complexity index is 486. The molecule has 4 nitrogen and oxygen atoms in total. The molecule has 0 aliphatic carbocycles. The lowest BCUT2D eigenvalue weighted by Gasteiger charge is -1.99. The molecule has 0 spiro atoms. The topological polar surface area (TPSA) is 54.5 Å². The smallest absolute Gasteiger partial charge is 0.273 e. The Kier molecular flexibility index (Phi) is 2.37. The van der Waals surface area contributed by atoms with E-state index in [4.69, 9.17) is 0 Å². The van der Waals surface area contributed by atoms with Gasteiger partial charge in [-0.1, -0.05) is 0 Å². The summed E-state index contributed by atoms with van der Waals surface area (Å²) in [7, 11) is 0. The molecule has 0 unspecified atom stereocenters. The monoisotopic (exact) mass is 228 g/mol. The van der Waals surface area contributed by atoms with Gasteiger partial charge in [-0.15, -0.1) is 0 Å². The van der Waals surface area contributed by atoms with Crippen LogP contribution < -0.4 is 0 Å². The van der Waals surface area contributed by atoms with Crippen molar-refractivity contribution in [3.8, 4) is 11.4 Å². The van der Waals surface area contributed by atoms with Crippen LogP contribution in [-0.4, -0.2) is 20.2 Å². The normalized spacial score (nSPS) is 11.8. The standard InChI is InChI=1S/C9H7F3N4/c1-5-3-14-7(4-13-5)6-2-8(16-15-6)9(10,11)12/h2-4H,1H3,(H,15,16). The molecule has 2 aromatic rings. The molecule has 7 heteroatoms. The van der Waals surface area contributed by atoms with Crippen molar-refractivity contribution in [3.63, 3.8) is 0 Å². The first-order valence-electron chi connectivity index (χ1n) is 4.38. The number of aromatic amines is 1. The van der Waals surface area contributed by atoms with Gasteiger partial charge in [0.25, 0.3) is 0 Å². The van der Waals surface area contributed by atoms with E-state index in [2.05, 4.69) is 15.1 Å². The Morgan fingerprint density at radius 3 is 2.38 bits per heavy atom. The molecule has 0 atom stereocenters. The van der Waals surface area contributed by atoms with Crippen molar-refractivity contribution >= 4 is 0 Å². The summed E-state index contributed by atoms with van der Waals surface area (Å²) < 4.78 is 36.8. The Labute approximate surface area is 88.6 Å². The van der Waals surface area contributed by atoms with Crippen molar-refractivity contribution in [2.24, 2.45) is 0 Å². The summed E-state index contributed by atoms with van der Waals surface area (Å²) >= 11 is 0. The van der Waals surface area contributed by atoms with Crippen molar-refractivity contribution in [1.29, 1.82) is 0 Å². The van der Waals surface area contributed by atoms with E-state index >= 15 is 0 Å². The van der Waals surface area contributed by atoms with Gasteiger partial charge in [-0.3, -0.25) is 15.1 Å². The zero-order valence-corrected chi connectivity index (χ0v) is 8.21. The van der Waals surface area contributed by atoms with E-state index in [1.165, 1.54) is 12.4 Å². The van der Waals surface area contributed by atoms with Gasteiger partial charge in [0.15, 0.2) is 0 Å². The first-order chi connectivity index (χ1) is 7.47. The summed E-state index contributed by atoms with van der Waals surface area (Å²) in [6, 6.07) is 0.902. The van der Waals surface area contributed by atoms with Crippen LogP contribution in [0.25, 0.3) is 11.4 Å². The Balaban J connectivity index is 2.35. The molecule has 0 amide bonds. The fraction of sp³-hybridized carbons (Fsp3) is 0.222. The molecule has 0 aromatic carbocycles. The number of nitrogens with one attached hydrogen (secondary N) is 1. The van der Waals surface area contributed by atoms with Crippen LogP contribution in [0, 0.1) is 6.92 Å². The van der Waals surface area contributed by atoms with Crippen molar-refractivity contribution in [2.45, 2.75) is 13.1 Å². The van der Waals surface area contributed by atoms with Crippen LogP contribution in [0.1, 0.15) is 11.4 Å². The van der Waals surface area contributed by atoms with Crippen LogP contribution in [0.4, 0.5) is 13.2 Å². The van der Waals surface area contributed by atoms with Gasteiger partial charge in [-0.05, 0) is 13.0 Å². The van der Waals surface area contributed by atoms with Gasteiger partial charge in [-0.25, -0.2) is 0 Å². The number of hydrogen-bond acceptors (Lipinski definition) is 3. The minimum atomic E-state index is -4.43. The minimum Gasteiger partial charge on any atom is -0.273 e. The lowest BCUT2D eigenvalue weighted by Crippen LogP contribution is -2.04. The molecule has 16 heavy (non-hydrogen) atoms. The predicted octanol–water partition coefficient (Wildman–Crippen LogP) is 2.19. The fourth-order valence-electron chi connectivity index (χ4n) is 1.12. The quantitative estimate of drug-likeness (QED) is 0.813. The van der Waals surface area contributed by atoms with Crippen molar-refractivity contribution in [2.75, 3.05) is 0 Å². The van der Waals surface area contributed by atoms with Crippen LogP contribution in [0.5, 0.6) is 0 Å². The number of halogens is 3. The molecule has 0 aliphatic rings. The number of H-pyrrole nitrogens is 1. The van der Waals surface area contributed by atoms with Crippen LogP contribution in [-0.2, 0) is 6.18 Å². The second-order valence-electron chi connectivity index (χ2n) is 3.21. The molecule has 0 saturated heterocycles. The number of hydrogen-bond donors (Lipinski definition) is 1. The summed E-state index contributed by atoms with van der Waals surface area (Å²) in [5, 5.41) is 5.45. The molecule has 0 aliphatic heterocycles. The number of aryl methyl sites for hydroxylation is 1. The highest BCUT2D eigenvalue weighted by atomic mass is 19.4. The third kappa shape index (κ3) is 2.02. The van der Waals surface area contributed by atoms with Gasteiger partial charge in [0, 0.05) is 6.20 Å². The maximum atomic E-state index is 12.3. The van der Waals surface area contributed by atoms with Gasteiger partial charge in [-0.2, -0.15) is 18.3 Å². The van der Waals surface area contributed by atoms with E-state index in [-0.39, 0.29) is 5.69 Å². The molecule has 1 N–H and O–H groups in total. The van der Waals surface area contributed by atoms with E-state index in [9.17, 15) is 13.2 Å². The zero-order chi connectivity index (χ0) is 11.8. The third-order valence-corrected chi connectivity index (χ3v) is 1.93. The molecule has 2 heterocycles. The van der Waals surface area contributed by atoms with Gasteiger partial charge < -0.3 is 0 Å². The molecular weight excluding hydrogens is 221 g/mol. The van der Waals surface area contributed by atoms with Crippen LogP contribution in [0.2, 0.25) is 0 Å². The third-order valence-electron chi connectivity index (χ3n) is 1.93. The highest BCUT2D eigenvalue weighted by Crippen LogP contribution is 2.29. The SMILES string of the molecule is Cc1cnc(-c2cc(C(F)(F)F)[nH]n2)cn1. The molecule has 84 valence electrons. The summed E-state index contributed by atoms with van der Waals surface area (Å²) in [4.78, 5) is 7.86. The lowest BCUT2D eigenvalue weighted by atomic mass is 10.3. The second-order valence-corrected chi connectivity index (χ2v) is 3.21. The van der Waals surface area contributed by atoms with Crippen LogP contribution >= 0.6 is 0 Å². The molecule has 2 aromatic heterocycles. The molecule has 2 rings (SSSR count). The highest BCUT2D eigenvalue weighted by Gasteiger charge is 2.33. The van der Waals surface area contributed by atoms with Gasteiger partial charge >= 0.3 is 6.18 Å². The summed E-state index contributed by atoms with van der Waals surface area (Å²) in [5.74, 6) is 0. The van der Waals surface area contributed by atoms with Crippen LogP contribution in [0.3, 0.4) is 0 Å². The van der Waals surface area contributed by atoms with Gasteiger partial charge in [0.05, 0.1) is 11.9 Å². The maximum absolute atomic E-state index is 12.3. The molecular formula is C9H7F3N4. The predicted molar refractivity (Wildman–Crippen MR) is 49.4 cm³/mol. The molecule has 0 radical (unpaired) electrons. The fourth-order valence-corrected chi connectivity index (χ4v) is 1.12. The largest absolute Gasteiger partial charge is 0.432 e. The summed E-state index contributed by atoms with van der Waals surface area (Å²) in [5.41, 5.74) is 0.220. The highest BCUT2D eigenvalue weighted by molar-refractivity contribution is 5.52. The summed E-state index contributed by atoms with van der Waals surface area (Å²) in [6.45, 7) is 1.74. The number of aromatic nitrogens is 4. The lowest BCUT2D eigenvalue weighted by molar-refractivity contribution is -0.141. The Hall–Kier alpha value is -1.92. The van der Waals surface area contributed by atoms with Gasteiger partial charge in [0.2, 0.25) is 0 Å². The van der Waals surface area contributed by atoms with E-state index in [0.717, 1.165) is 6.07 Å². The molecule has 0 fully saturated rings. The number of nitrogens with zero attached hydrogens (tertiary/aromatic N) is 3. The van der Waals surface area contributed by atoms with E-state index in [0.29, 0.717) is 11.4 Å². The van der Waals surface area contributed by atoms with Gasteiger partial charge in [0.1, 0.15) is 17.1 Å². The maximum Gasteiger partial charge on any atom is 0.432 e. The van der Waals surface area contributed by atoms with E-state index in [1.807, 2.05) is 5.10 Å². The summed E-state index contributed by atoms with van der Waals surface area (Å²) in [6.07, 6.45) is -1.58. The molecule has 0 saturated carbocycles. The average molecular weight is 228 g/mol. The second kappa shape index (κ2) is 3.58. The van der Waals surface area contributed by atoms with E-state index < -0.39 is 11.9 Å². The zero-order valence-electron chi connectivity index (χ0n) is 8.21. The molecule has 0 bridgehead atoms. The van der Waals surface area contributed by atoms with Crippen molar-refractivity contribution in [1.82, 2.24) is 20.2 Å². The minimum absolute atomic E-state index is 0.125. The first kappa shape index (κ1) is 10.6. The Morgan fingerprint density at radius 1 is 1.12 bits per heavy atom. The first-order valence-corrected chi connectivity index (χ1v) is 4.38. The Morgan fingerprint density at radius 2 is 1.88 bits per heavy atom.